The van der Waals surface area contributed by atoms with E-state index in [-0.39, 0.29) is 13.0 Å². The van der Waals surface area contributed by atoms with Crippen LogP contribution in [0.4, 0.5) is 0 Å². The van der Waals surface area contributed by atoms with Crippen molar-refractivity contribution in [2.24, 2.45) is 0 Å². The molecule has 0 bridgehead atoms. The van der Waals surface area contributed by atoms with Crippen LogP contribution in [-0.4, -0.2) is 62.2 Å². The third-order valence-electron chi connectivity index (χ3n) is 2.61. The van der Waals surface area contributed by atoms with E-state index in [1.54, 1.807) is 0 Å². The number of phosphoric ester groups is 1. The summed E-state index contributed by atoms with van der Waals surface area (Å²) < 4.78 is 19.8. The molecule has 17 heavy (non-hydrogen) atoms. The molecule has 0 unspecified atom stereocenters. The van der Waals surface area contributed by atoms with Gasteiger partial charge in [0.25, 0.3) is 0 Å². The lowest BCUT2D eigenvalue weighted by atomic mass is 9.94. The first-order valence-electron chi connectivity index (χ1n) is 5.12. The SMILES string of the molecule is C[C@@H]1O[C@@H](CCOP(=O)(O)O)[C@@H](O)[C@H](O)[C@@H]1O. The highest BCUT2D eigenvalue weighted by Crippen LogP contribution is 2.36. The summed E-state index contributed by atoms with van der Waals surface area (Å²) in [7, 11) is -4.54. The lowest BCUT2D eigenvalue weighted by molar-refractivity contribution is -0.219. The van der Waals surface area contributed by atoms with Crippen LogP contribution in [0.5, 0.6) is 0 Å². The van der Waals surface area contributed by atoms with Gasteiger partial charge in [-0.15, -0.1) is 0 Å². The molecule has 1 fully saturated rings. The predicted octanol–water partition coefficient (Wildman–Crippen LogP) is -1.64. The molecule has 1 heterocycles. The molecule has 0 radical (unpaired) electrons. The van der Waals surface area contributed by atoms with Crippen LogP contribution in [0.15, 0.2) is 0 Å². The fourth-order valence-corrected chi connectivity index (χ4v) is 2.01. The van der Waals surface area contributed by atoms with Gasteiger partial charge in [-0.05, 0) is 6.92 Å². The maximum Gasteiger partial charge on any atom is 0.469 e. The van der Waals surface area contributed by atoms with Crippen molar-refractivity contribution in [2.75, 3.05) is 6.61 Å². The molecule has 1 aliphatic rings. The third kappa shape index (κ3) is 4.27. The van der Waals surface area contributed by atoms with Crippen molar-refractivity contribution in [1.29, 1.82) is 0 Å². The van der Waals surface area contributed by atoms with Crippen LogP contribution in [0.2, 0.25) is 0 Å². The second-order valence-corrected chi connectivity index (χ2v) is 5.20. The first kappa shape index (κ1) is 15.0. The molecule has 0 spiro atoms. The highest BCUT2D eigenvalue weighted by Gasteiger charge is 2.41. The van der Waals surface area contributed by atoms with Crippen molar-refractivity contribution < 1.29 is 38.9 Å². The molecule has 0 aromatic rings. The van der Waals surface area contributed by atoms with E-state index in [2.05, 4.69) is 4.52 Å². The lowest BCUT2D eigenvalue weighted by Crippen LogP contribution is -2.56. The Balaban J connectivity index is 2.46. The maximum atomic E-state index is 10.4. The molecule has 8 nitrogen and oxygen atoms in total. The van der Waals surface area contributed by atoms with Gasteiger partial charge in [-0.1, -0.05) is 0 Å². The minimum Gasteiger partial charge on any atom is -0.388 e. The van der Waals surface area contributed by atoms with Gasteiger partial charge < -0.3 is 29.8 Å². The van der Waals surface area contributed by atoms with E-state index in [9.17, 15) is 19.9 Å². The average Bonchev–Trinajstić information content (AvgIpc) is 2.21. The van der Waals surface area contributed by atoms with Gasteiger partial charge in [-0.3, -0.25) is 4.52 Å². The van der Waals surface area contributed by atoms with Gasteiger partial charge in [0.1, 0.15) is 18.3 Å². The van der Waals surface area contributed by atoms with E-state index in [1.165, 1.54) is 6.92 Å². The second kappa shape index (κ2) is 5.73. The summed E-state index contributed by atoms with van der Waals surface area (Å²) in [5.41, 5.74) is 0. The number of hydrogen-bond acceptors (Lipinski definition) is 6. The van der Waals surface area contributed by atoms with E-state index >= 15 is 0 Å². The van der Waals surface area contributed by atoms with Crippen molar-refractivity contribution in [3.05, 3.63) is 0 Å². The van der Waals surface area contributed by atoms with Gasteiger partial charge in [0.2, 0.25) is 0 Å². The van der Waals surface area contributed by atoms with Crippen molar-refractivity contribution in [2.45, 2.75) is 43.9 Å². The van der Waals surface area contributed by atoms with Crippen LogP contribution < -0.4 is 0 Å². The Labute approximate surface area is 98.0 Å². The van der Waals surface area contributed by atoms with E-state index in [0.29, 0.717) is 0 Å². The van der Waals surface area contributed by atoms with Gasteiger partial charge in [-0.25, -0.2) is 4.57 Å². The first-order valence-corrected chi connectivity index (χ1v) is 6.65. The summed E-state index contributed by atoms with van der Waals surface area (Å²) in [5.74, 6) is 0. The monoisotopic (exact) mass is 272 g/mol. The number of phosphoric acid groups is 1. The maximum absolute atomic E-state index is 10.4. The zero-order valence-corrected chi connectivity index (χ0v) is 10.1. The third-order valence-corrected chi connectivity index (χ3v) is 3.13. The predicted molar refractivity (Wildman–Crippen MR) is 55.0 cm³/mol. The van der Waals surface area contributed by atoms with Crippen LogP contribution >= 0.6 is 7.82 Å². The average molecular weight is 272 g/mol. The first-order chi connectivity index (χ1) is 7.72. The molecule has 0 aromatic heterocycles. The molecule has 0 aromatic carbocycles. The van der Waals surface area contributed by atoms with Gasteiger partial charge >= 0.3 is 7.82 Å². The van der Waals surface area contributed by atoms with Crippen LogP contribution in [0.1, 0.15) is 13.3 Å². The highest BCUT2D eigenvalue weighted by molar-refractivity contribution is 7.46. The molecule has 102 valence electrons. The fraction of sp³-hybridized carbons (Fsp3) is 1.00. The quantitative estimate of drug-likeness (QED) is 0.384. The van der Waals surface area contributed by atoms with Gasteiger partial charge in [0, 0.05) is 6.42 Å². The van der Waals surface area contributed by atoms with Crippen molar-refractivity contribution in [3.63, 3.8) is 0 Å². The summed E-state index contributed by atoms with van der Waals surface area (Å²) in [6.07, 6.45) is -5.37. The molecule has 5 N–H and O–H groups in total. The Kier molecular flexibility index (Phi) is 5.06. The Morgan fingerprint density at radius 3 is 2.29 bits per heavy atom. The molecule has 5 atom stereocenters. The normalized spacial score (nSPS) is 39.3. The molecule has 0 aliphatic carbocycles. The summed E-state index contributed by atoms with van der Waals surface area (Å²) in [6.45, 7) is 1.21. The number of aliphatic hydroxyl groups excluding tert-OH is 3. The summed E-state index contributed by atoms with van der Waals surface area (Å²) >= 11 is 0. The van der Waals surface area contributed by atoms with Crippen molar-refractivity contribution >= 4 is 7.82 Å². The standard InChI is InChI=1S/C8H17O8P/c1-4-6(9)8(11)7(10)5(16-4)2-3-15-17(12,13)14/h4-11H,2-3H2,1H3,(H2,12,13,14)/t4-,5-,6+,7+,8+/m0/s1. The molecule has 1 rings (SSSR count). The Morgan fingerprint density at radius 1 is 1.18 bits per heavy atom. The van der Waals surface area contributed by atoms with Crippen molar-refractivity contribution in [1.82, 2.24) is 0 Å². The van der Waals surface area contributed by atoms with E-state index in [1.807, 2.05) is 0 Å². The molecule has 0 amide bonds. The molecule has 1 saturated heterocycles. The summed E-state index contributed by atoms with van der Waals surface area (Å²) in [4.78, 5) is 16.9. The summed E-state index contributed by atoms with van der Waals surface area (Å²) in [6, 6.07) is 0. The topological polar surface area (TPSA) is 137 Å². The molecule has 1 aliphatic heterocycles. The second-order valence-electron chi connectivity index (χ2n) is 3.96. The number of rotatable bonds is 4. The van der Waals surface area contributed by atoms with Crippen LogP contribution in [0.25, 0.3) is 0 Å². The number of hydrogen-bond donors (Lipinski definition) is 5. The zero-order valence-electron chi connectivity index (χ0n) is 9.21. The Hall–Kier alpha value is -0.0500. The Morgan fingerprint density at radius 2 is 1.76 bits per heavy atom. The number of ether oxygens (including phenoxy) is 1. The number of aliphatic hydroxyl groups is 3. The molecule has 9 heteroatoms. The van der Waals surface area contributed by atoms with E-state index in [4.69, 9.17) is 14.5 Å². The lowest BCUT2D eigenvalue weighted by Gasteiger charge is -2.39. The Bertz CT molecular complexity index is 291. The summed E-state index contributed by atoms with van der Waals surface area (Å²) in [5, 5.41) is 28.4. The zero-order chi connectivity index (χ0) is 13.2. The largest absolute Gasteiger partial charge is 0.469 e. The molecular formula is C8H17O8P. The van der Waals surface area contributed by atoms with Gasteiger partial charge in [0.05, 0.1) is 18.8 Å². The molecular weight excluding hydrogens is 255 g/mol. The fourth-order valence-electron chi connectivity index (χ4n) is 1.66. The minimum atomic E-state index is -4.54. The van der Waals surface area contributed by atoms with Crippen LogP contribution in [0, 0.1) is 0 Å². The smallest absolute Gasteiger partial charge is 0.388 e. The van der Waals surface area contributed by atoms with Crippen molar-refractivity contribution in [3.8, 4) is 0 Å². The highest BCUT2D eigenvalue weighted by atomic mass is 31.2. The van der Waals surface area contributed by atoms with Crippen LogP contribution in [0.3, 0.4) is 0 Å². The minimum absolute atomic E-state index is 0.000394. The molecule has 0 saturated carbocycles. The van der Waals surface area contributed by atoms with Crippen LogP contribution in [-0.2, 0) is 13.8 Å². The van der Waals surface area contributed by atoms with E-state index in [0.717, 1.165) is 0 Å². The van der Waals surface area contributed by atoms with Gasteiger partial charge in [-0.2, -0.15) is 0 Å². The van der Waals surface area contributed by atoms with Gasteiger partial charge in [0.15, 0.2) is 0 Å². The van der Waals surface area contributed by atoms with E-state index < -0.39 is 38.3 Å².